The molecular formula is C17H17N5O3. The quantitative estimate of drug-likeness (QED) is 0.729. The van der Waals surface area contributed by atoms with Gasteiger partial charge < -0.3 is 10.1 Å². The highest BCUT2D eigenvalue weighted by Crippen LogP contribution is 2.11. The van der Waals surface area contributed by atoms with Crippen molar-refractivity contribution in [3.63, 3.8) is 0 Å². The molecule has 1 amide bonds. The first-order valence-electron chi connectivity index (χ1n) is 7.71. The molecule has 0 fully saturated rings. The number of esters is 1. The largest absolute Gasteiger partial charge is 0.447 e. The molecule has 0 spiro atoms. The number of nitrogens with zero attached hydrogens (tertiary/aromatic N) is 4. The van der Waals surface area contributed by atoms with Crippen LogP contribution in [0.3, 0.4) is 0 Å². The normalized spacial score (nSPS) is 12.0. The first-order valence-corrected chi connectivity index (χ1v) is 7.71. The van der Waals surface area contributed by atoms with Crippen molar-refractivity contribution in [2.45, 2.75) is 26.9 Å². The van der Waals surface area contributed by atoms with Crippen LogP contribution in [-0.4, -0.2) is 37.6 Å². The molecule has 0 aliphatic rings. The summed E-state index contributed by atoms with van der Waals surface area (Å²) in [5.74, 6) is -1.06. The highest BCUT2D eigenvalue weighted by Gasteiger charge is 2.22. The van der Waals surface area contributed by atoms with E-state index in [-0.39, 0.29) is 5.82 Å². The fourth-order valence-corrected chi connectivity index (χ4v) is 2.23. The highest BCUT2D eigenvalue weighted by atomic mass is 16.5. The van der Waals surface area contributed by atoms with Crippen LogP contribution < -0.4 is 5.32 Å². The van der Waals surface area contributed by atoms with E-state index in [2.05, 4.69) is 20.4 Å². The lowest BCUT2D eigenvalue weighted by atomic mass is 10.2. The standard InChI is InChI=1S/C17H17N5O3/c1-10-5-4-6-13(9-10)19-15(23)12(3)25-16(24)14-20-17-18-8-7-11(2)22(17)21-14/h4-9,12H,1-3H3,(H,19,23)/t12-/m0/s1. The monoisotopic (exact) mass is 339 g/mol. The average molecular weight is 339 g/mol. The van der Waals surface area contributed by atoms with Crippen molar-refractivity contribution in [1.29, 1.82) is 0 Å². The Bertz CT molecular complexity index is 950. The van der Waals surface area contributed by atoms with E-state index in [1.54, 1.807) is 18.3 Å². The maximum absolute atomic E-state index is 12.2. The molecule has 2 heterocycles. The van der Waals surface area contributed by atoms with E-state index in [4.69, 9.17) is 4.74 Å². The number of anilines is 1. The predicted octanol–water partition coefficient (Wildman–Crippen LogP) is 1.93. The van der Waals surface area contributed by atoms with Crippen molar-refractivity contribution < 1.29 is 14.3 Å². The first-order chi connectivity index (χ1) is 11.9. The van der Waals surface area contributed by atoms with Gasteiger partial charge in [-0.15, -0.1) is 5.10 Å². The van der Waals surface area contributed by atoms with Crippen LogP contribution in [0.25, 0.3) is 5.78 Å². The second kappa shape index (κ2) is 6.68. The van der Waals surface area contributed by atoms with Gasteiger partial charge in [-0.1, -0.05) is 12.1 Å². The molecule has 3 aromatic rings. The van der Waals surface area contributed by atoms with E-state index < -0.39 is 18.0 Å². The van der Waals surface area contributed by atoms with Gasteiger partial charge >= 0.3 is 5.97 Å². The van der Waals surface area contributed by atoms with Crippen LogP contribution in [0.15, 0.2) is 36.5 Å². The van der Waals surface area contributed by atoms with Gasteiger partial charge in [-0.25, -0.2) is 14.3 Å². The molecule has 8 heteroatoms. The lowest BCUT2D eigenvalue weighted by Crippen LogP contribution is -2.30. The van der Waals surface area contributed by atoms with Gasteiger partial charge in [0.2, 0.25) is 0 Å². The number of carbonyl (C=O) groups excluding carboxylic acids is 2. The highest BCUT2D eigenvalue weighted by molar-refractivity contribution is 5.96. The zero-order chi connectivity index (χ0) is 18.0. The van der Waals surface area contributed by atoms with Crippen LogP contribution in [0.5, 0.6) is 0 Å². The van der Waals surface area contributed by atoms with Crippen molar-refractivity contribution in [3.8, 4) is 0 Å². The Morgan fingerprint density at radius 1 is 1.24 bits per heavy atom. The van der Waals surface area contributed by atoms with Gasteiger partial charge in [0.05, 0.1) is 0 Å². The van der Waals surface area contributed by atoms with Gasteiger partial charge in [-0.05, 0) is 44.5 Å². The van der Waals surface area contributed by atoms with Crippen LogP contribution in [-0.2, 0) is 9.53 Å². The molecule has 0 bridgehead atoms. The zero-order valence-corrected chi connectivity index (χ0v) is 14.1. The smallest absolute Gasteiger partial charge is 0.379 e. The average Bonchev–Trinajstić information content (AvgIpc) is 3.00. The second-order valence-corrected chi connectivity index (χ2v) is 5.64. The number of nitrogens with one attached hydrogen (secondary N) is 1. The lowest BCUT2D eigenvalue weighted by Gasteiger charge is -2.12. The molecule has 3 rings (SSSR count). The fourth-order valence-electron chi connectivity index (χ4n) is 2.23. The summed E-state index contributed by atoms with van der Waals surface area (Å²) in [6.07, 6.45) is 0.584. The van der Waals surface area contributed by atoms with Gasteiger partial charge in [0, 0.05) is 17.6 Å². The SMILES string of the molecule is Cc1cccc(NC(=O)[C@H](C)OC(=O)c2nc3nccc(C)n3n2)c1. The Balaban J connectivity index is 1.68. The van der Waals surface area contributed by atoms with Crippen LogP contribution in [0.1, 0.15) is 28.8 Å². The molecule has 1 aromatic carbocycles. The van der Waals surface area contributed by atoms with Crippen molar-refractivity contribution >= 4 is 23.3 Å². The second-order valence-electron chi connectivity index (χ2n) is 5.64. The van der Waals surface area contributed by atoms with Crippen molar-refractivity contribution in [1.82, 2.24) is 19.6 Å². The number of carbonyl (C=O) groups is 2. The minimum atomic E-state index is -0.992. The van der Waals surface area contributed by atoms with E-state index in [9.17, 15) is 9.59 Å². The summed E-state index contributed by atoms with van der Waals surface area (Å²) in [6.45, 7) is 5.23. The molecule has 8 nitrogen and oxygen atoms in total. The topological polar surface area (TPSA) is 98.5 Å². The molecule has 2 aromatic heterocycles. The summed E-state index contributed by atoms with van der Waals surface area (Å²) in [7, 11) is 0. The predicted molar refractivity (Wildman–Crippen MR) is 90.2 cm³/mol. The van der Waals surface area contributed by atoms with Gasteiger partial charge in [0.15, 0.2) is 6.10 Å². The summed E-state index contributed by atoms with van der Waals surface area (Å²) >= 11 is 0. The maximum atomic E-state index is 12.2. The summed E-state index contributed by atoms with van der Waals surface area (Å²) < 4.78 is 6.59. The minimum Gasteiger partial charge on any atom is -0.447 e. The molecule has 1 atom stereocenters. The molecule has 128 valence electrons. The maximum Gasteiger partial charge on any atom is 0.379 e. The number of rotatable bonds is 4. The van der Waals surface area contributed by atoms with Crippen LogP contribution in [0.2, 0.25) is 0 Å². The number of hydrogen-bond donors (Lipinski definition) is 1. The van der Waals surface area contributed by atoms with Gasteiger partial charge in [-0.2, -0.15) is 4.98 Å². The van der Waals surface area contributed by atoms with Gasteiger partial charge in [-0.3, -0.25) is 4.79 Å². The Kier molecular flexibility index (Phi) is 4.42. The van der Waals surface area contributed by atoms with E-state index in [1.807, 2.05) is 32.0 Å². The summed E-state index contributed by atoms with van der Waals surface area (Å²) in [6, 6.07) is 9.08. The Morgan fingerprint density at radius 2 is 2.04 bits per heavy atom. The van der Waals surface area contributed by atoms with Crippen LogP contribution in [0.4, 0.5) is 5.69 Å². The van der Waals surface area contributed by atoms with Gasteiger partial charge in [0.1, 0.15) is 0 Å². The Hall–Kier alpha value is -3.29. The lowest BCUT2D eigenvalue weighted by molar-refractivity contribution is -0.123. The first kappa shape index (κ1) is 16.6. The molecule has 0 aliphatic heterocycles. The number of amides is 1. The number of hydrogen-bond acceptors (Lipinski definition) is 6. The molecule has 0 aliphatic carbocycles. The molecule has 0 radical (unpaired) electrons. The van der Waals surface area contributed by atoms with Crippen molar-refractivity contribution in [2.24, 2.45) is 0 Å². The summed E-state index contributed by atoms with van der Waals surface area (Å²) in [5, 5.41) is 6.76. The molecule has 25 heavy (non-hydrogen) atoms. The van der Waals surface area contributed by atoms with Crippen LogP contribution >= 0.6 is 0 Å². The van der Waals surface area contributed by atoms with Crippen molar-refractivity contribution in [2.75, 3.05) is 5.32 Å². The zero-order valence-electron chi connectivity index (χ0n) is 14.1. The van der Waals surface area contributed by atoms with E-state index in [0.717, 1.165) is 11.3 Å². The Morgan fingerprint density at radius 3 is 2.76 bits per heavy atom. The van der Waals surface area contributed by atoms with E-state index >= 15 is 0 Å². The third-order valence-electron chi connectivity index (χ3n) is 3.55. The summed E-state index contributed by atoms with van der Waals surface area (Å²) in [5.41, 5.74) is 2.43. The molecule has 0 saturated carbocycles. The number of aromatic nitrogens is 4. The van der Waals surface area contributed by atoms with E-state index in [0.29, 0.717) is 11.5 Å². The fraction of sp³-hybridized carbons (Fsp3) is 0.235. The third kappa shape index (κ3) is 3.63. The van der Waals surface area contributed by atoms with Gasteiger partial charge in [0.25, 0.3) is 17.5 Å². The molecular weight excluding hydrogens is 322 g/mol. The number of ether oxygens (including phenoxy) is 1. The third-order valence-corrected chi connectivity index (χ3v) is 3.55. The number of benzene rings is 1. The molecule has 0 unspecified atom stereocenters. The number of fused-ring (bicyclic) bond motifs is 1. The van der Waals surface area contributed by atoms with Crippen LogP contribution in [0, 0.1) is 13.8 Å². The minimum absolute atomic E-state index is 0.142. The Labute approximate surface area is 143 Å². The van der Waals surface area contributed by atoms with E-state index in [1.165, 1.54) is 11.4 Å². The summed E-state index contributed by atoms with van der Waals surface area (Å²) in [4.78, 5) is 32.4. The molecule has 0 saturated heterocycles. The molecule has 1 N–H and O–H groups in total. The number of aryl methyl sites for hydroxylation is 2. The van der Waals surface area contributed by atoms with Crippen molar-refractivity contribution in [3.05, 3.63) is 53.6 Å².